The van der Waals surface area contributed by atoms with E-state index in [0.29, 0.717) is 10.6 Å². The van der Waals surface area contributed by atoms with Crippen molar-refractivity contribution in [1.82, 2.24) is 20.2 Å². The Morgan fingerprint density at radius 3 is 2.71 bits per heavy atom. The molecule has 3 aromatic rings. The van der Waals surface area contributed by atoms with Crippen LogP contribution in [0.1, 0.15) is 10.4 Å². The number of amides is 1. The molecule has 0 saturated heterocycles. The lowest BCUT2D eigenvalue weighted by Gasteiger charge is -2.02. The van der Waals surface area contributed by atoms with E-state index in [1.54, 1.807) is 24.3 Å². The van der Waals surface area contributed by atoms with Gasteiger partial charge in [-0.25, -0.2) is 0 Å². The quantitative estimate of drug-likeness (QED) is 0.569. The Bertz CT molecular complexity index is 955. The number of nitro groups is 1. The van der Waals surface area contributed by atoms with Crippen LogP contribution in [0.25, 0.3) is 17.1 Å². The molecule has 0 atom stereocenters. The number of nitrogens with two attached hydrogens (primary N) is 1. The number of nitrogens with zero attached hydrogens (tertiary/aromatic N) is 5. The predicted octanol–water partition coefficient (Wildman–Crippen LogP) is 1.99. The highest BCUT2D eigenvalue weighted by Gasteiger charge is 2.20. The van der Waals surface area contributed by atoms with E-state index in [2.05, 4.69) is 15.4 Å². The second kappa shape index (κ2) is 6.05. The molecule has 1 amide bonds. The van der Waals surface area contributed by atoms with Crippen LogP contribution in [-0.2, 0) is 0 Å². The summed E-state index contributed by atoms with van der Waals surface area (Å²) in [7, 11) is 0. The monoisotopic (exact) mass is 344 g/mol. The standard InChI is InChI=1S/C14H9ClN6O3/c15-10-3-1-2-9(6-10)14-17-19-20(18-14)11-5-4-8(13(16)22)7-12(11)21(23)24/h1-7H,(H2,16,22). The van der Waals surface area contributed by atoms with Crippen molar-refractivity contribution in [1.29, 1.82) is 0 Å². The van der Waals surface area contributed by atoms with Crippen molar-refractivity contribution < 1.29 is 9.72 Å². The number of benzene rings is 2. The summed E-state index contributed by atoms with van der Waals surface area (Å²) in [4.78, 5) is 22.8. The lowest BCUT2D eigenvalue weighted by atomic mass is 10.1. The molecule has 0 aliphatic heterocycles. The topological polar surface area (TPSA) is 130 Å². The molecule has 0 fully saturated rings. The van der Waals surface area contributed by atoms with Gasteiger partial charge in [-0.2, -0.15) is 0 Å². The molecule has 10 heteroatoms. The minimum absolute atomic E-state index is 0.0145. The average Bonchev–Trinajstić information content (AvgIpc) is 3.04. The number of hydrogen-bond acceptors (Lipinski definition) is 6. The van der Waals surface area contributed by atoms with Gasteiger partial charge in [-0.1, -0.05) is 23.7 Å². The minimum atomic E-state index is -0.768. The summed E-state index contributed by atoms with van der Waals surface area (Å²) < 4.78 is 0. The minimum Gasteiger partial charge on any atom is -0.366 e. The summed E-state index contributed by atoms with van der Waals surface area (Å²) >= 11 is 5.92. The lowest BCUT2D eigenvalue weighted by Crippen LogP contribution is -2.12. The van der Waals surface area contributed by atoms with Crippen LogP contribution in [0, 0.1) is 10.1 Å². The first-order chi connectivity index (χ1) is 11.5. The number of nitro benzene ring substituents is 1. The number of tetrazole rings is 1. The van der Waals surface area contributed by atoms with Gasteiger partial charge >= 0.3 is 0 Å². The van der Waals surface area contributed by atoms with Crippen molar-refractivity contribution in [2.75, 3.05) is 0 Å². The SMILES string of the molecule is NC(=O)c1ccc(-n2nnc(-c3cccc(Cl)c3)n2)c([N+](=O)[O-])c1. The fourth-order valence-electron chi connectivity index (χ4n) is 2.05. The van der Waals surface area contributed by atoms with Crippen LogP contribution in [0.3, 0.4) is 0 Å². The zero-order valence-corrected chi connectivity index (χ0v) is 12.7. The van der Waals surface area contributed by atoms with Crippen LogP contribution in [-0.4, -0.2) is 31.0 Å². The van der Waals surface area contributed by atoms with Gasteiger partial charge in [0.2, 0.25) is 11.7 Å². The molecule has 9 nitrogen and oxygen atoms in total. The molecule has 3 rings (SSSR count). The number of primary amides is 1. The third-order valence-electron chi connectivity index (χ3n) is 3.17. The van der Waals surface area contributed by atoms with Crippen LogP contribution in [0.5, 0.6) is 0 Å². The zero-order chi connectivity index (χ0) is 17.3. The van der Waals surface area contributed by atoms with Crippen LogP contribution < -0.4 is 5.73 Å². The Morgan fingerprint density at radius 2 is 2.04 bits per heavy atom. The zero-order valence-electron chi connectivity index (χ0n) is 12.0. The van der Waals surface area contributed by atoms with Gasteiger partial charge in [0, 0.05) is 22.2 Å². The molecule has 2 aromatic carbocycles. The molecule has 1 heterocycles. The Labute approximate surface area is 139 Å². The van der Waals surface area contributed by atoms with Crippen molar-refractivity contribution in [2.45, 2.75) is 0 Å². The van der Waals surface area contributed by atoms with Gasteiger partial charge in [0.1, 0.15) is 0 Å². The highest BCUT2D eigenvalue weighted by molar-refractivity contribution is 6.30. The van der Waals surface area contributed by atoms with Crippen molar-refractivity contribution in [3.8, 4) is 17.1 Å². The fourth-order valence-corrected chi connectivity index (χ4v) is 2.24. The predicted molar refractivity (Wildman–Crippen MR) is 84.8 cm³/mol. The summed E-state index contributed by atoms with van der Waals surface area (Å²) in [5.41, 5.74) is 5.47. The van der Waals surface area contributed by atoms with E-state index in [4.69, 9.17) is 17.3 Å². The third kappa shape index (κ3) is 2.92. The van der Waals surface area contributed by atoms with Crippen molar-refractivity contribution in [3.05, 3.63) is 63.2 Å². The van der Waals surface area contributed by atoms with E-state index in [1.165, 1.54) is 12.1 Å². The summed E-state index contributed by atoms with van der Waals surface area (Å²) in [6.07, 6.45) is 0. The van der Waals surface area contributed by atoms with Crippen molar-refractivity contribution >= 4 is 23.2 Å². The first-order valence-corrected chi connectivity index (χ1v) is 6.98. The Balaban J connectivity index is 2.07. The van der Waals surface area contributed by atoms with E-state index < -0.39 is 10.8 Å². The summed E-state index contributed by atoms with van der Waals surface area (Å²) in [6.45, 7) is 0. The molecule has 2 N–H and O–H groups in total. The van der Waals surface area contributed by atoms with Gasteiger partial charge in [-0.3, -0.25) is 14.9 Å². The molecule has 0 aliphatic rings. The molecule has 24 heavy (non-hydrogen) atoms. The van der Waals surface area contributed by atoms with Crippen LogP contribution in [0.4, 0.5) is 5.69 Å². The second-order valence-electron chi connectivity index (χ2n) is 4.74. The Morgan fingerprint density at radius 1 is 1.25 bits per heavy atom. The van der Waals surface area contributed by atoms with Crippen molar-refractivity contribution in [2.24, 2.45) is 5.73 Å². The lowest BCUT2D eigenvalue weighted by molar-refractivity contribution is -0.384. The number of rotatable bonds is 4. The number of hydrogen-bond donors (Lipinski definition) is 1. The van der Waals surface area contributed by atoms with E-state index >= 15 is 0 Å². The molecular weight excluding hydrogens is 336 g/mol. The maximum atomic E-state index is 11.2. The number of aromatic nitrogens is 4. The summed E-state index contributed by atoms with van der Waals surface area (Å²) in [6, 6.07) is 10.6. The van der Waals surface area contributed by atoms with Gasteiger partial charge in [-0.15, -0.1) is 15.0 Å². The third-order valence-corrected chi connectivity index (χ3v) is 3.40. The van der Waals surface area contributed by atoms with Gasteiger partial charge in [0.15, 0.2) is 5.69 Å². The first kappa shape index (κ1) is 15.6. The molecule has 0 saturated carbocycles. The normalized spacial score (nSPS) is 10.5. The maximum Gasteiger partial charge on any atom is 0.297 e. The van der Waals surface area contributed by atoms with Crippen molar-refractivity contribution in [3.63, 3.8) is 0 Å². The molecule has 0 radical (unpaired) electrons. The van der Waals surface area contributed by atoms with Gasteiger partial charge in [-0.05, 0) is 29.5 Å². The number of carbonyl (C=O) groups is 1. The first-order valence-electron chi connectivity index (χ1n) is 6.60. The highest BCUT2D eigenvalue weighted by atomic mass is 35.5. The summed E-state index contributed by atoms with van der Waals surface area (Å²) in [5.74, 6) is -0.512. The molecule has 0 bridgehead atoms. The second-order valence-corrected chi connectivity index (χ2v) is 5.17. The average molecular weight is 345 g/mol. The Kier molecular flexibility index (Phi) is 3.92. The highest BCUT2D eigenvalue weighted by Crippen LogP contribution is 2.24. The largest absolute Gasteiger partial charge is 0.366 e. The Hall–Kier alpha value is -3.33. The van der Waals surface area contributed by atoms with Crippen LogP contribution in [0.2, 0.25) is 5.02 Å². The van der Waals surface area contributed by atoms with Crippen LogP contribution in [0.15, 0.2) is 42.5 Å². The molecule has 1 aromatic heterocycles. The van der Waals surface area contributed by atoms with Gasteiger partial charge in [0.25, 0.3) is 5.69 Å². The molecular formula is C14H9ClN6O3. The summed E-state index contributed by atoms with van der Waals surface area (Å²) in [5, 5.41) is 23.6. The molecule has 0 aliphatic carbocycles. The van der Waals surface area contributed by atoms with Gasteiger partial charge in [0.05, 0.1) is 4.92 Å². The number of carbonyl (C=O) groups excluding carboxylic acids is 1. The molecule has 0 unspecified atom stereocenters. The van der Waals surface area contributed by atoms with E-state index in [0.717, 1.165) is 10.9 Å². The van der Waals surface area contributed by atoms with Crippen LogP contribution >= 0.6 is 11.6 Å². The van der Waals surface area contributed by atoms with E-state index in [1.807, 2.05) is 0 Å². The van der Waals surface area contributed by atoms with Gasteiger partial charge < -0.3 is 5.73 Å². The smallest absolute Gasteiger partial charge is 0.297 e. The molecule has 0 spiro atoms. The number of halogens is 1. The van der Waals surface area contributed by atoms with E-state index in [-0.39, 0.29) is 22.8 Å². The fraction of sp³-hybridized carbons (Fsp3) is 0. The van der Waals surface area contributed by atoms with E-state index in [9.17, 15) is 14.9 Å². The maximum absolute atomic E-state index is 11.2. The molecule has 120 valence electrons.